The summed E-state index contributed by atoms with van der Waals surface area (Å²) in [6, 6.07) is 11.6. The fourth-order valence-corrected chi connectivity index (χ4v) is 1.80. The summed E-state index contributed by atoms with van der Waals surface area (Å²) in [7, 11) is 1.30. The maximum atomic E-state index is 11.7. The van der Waals surface area contributed by atoms with Crippen LogP contribution in [0.15, 0.2) is 54.6 Å². The highest BCUT2D eigenvalue weighted by Gasteiger charge is 2.07. The van der Waals surface area contributed by atoms with Crippen LogP contribution in [0.25, 0.3) is 6.08 Å². The molecule has 2 aromatic rings. The largest absolute Gasteiger partial charge is 0.465 e. The standard InChI is InChI=1S/C17H13NO6/c1-23-17(20)13-5-2-12(3-6-13)4-11-16(19)24-15-9-7-14(8-10-15)18(21)22/h2-11H,1H3/b11-4+. The van der Waals surface area contributed by atoms with E-state index in [1.165, 1.54) is 43.5 Å². The number of nitro groups is 1. The average Bonchev–Trinajstić information content (AvgIpc) is 2.60. The van der Waals surface area contributed by atoms with Gasteiger partial charge in [-0.05, 0) is 35.9 Å². The first-order chi connectivity index (χ1) is 11.5. The van der Waals surface area contributed by atoms with Gasteiger partial charge in [-0.3, -0.25) is 10.1 Å². The van der Waals surface area contributed by atoms with Crippen LogP contribution in [0, 0.1) is 10.1 Å². The van der Waals surface area contributed by atoms with Crippen LogP contribution in [0.5, 0.6) is 5.75 Å². The Balaban J connectivity index is 1.97. The van der Waals surface area contributed by atoms with Crippen LogP contribution < -0.4 is 4.74 Å². The second-order valence-corrected chi connectivity index (χ2v) is 4.62. The van der Waals surface area contributed by atoms with Crippen LogP contribution in [0.4, 0.5) is 5.69 Å². The van der Waals surface area contributed by atoms with Gasteiger partial charge in [0.05, 0.1) is 17.6 Å². The van der Waals surface area contributed by atoms with E-state index < -0.39 is 16.9 Å². The Morgan fingerprint density at radius 2 is 1.67 bits per heavy atom. The van der Waals surface area contributed by atoms with Crippen molar-refractivity contribution in [3.63, 3.8) is 0 Å². The molecule has 0 saturated carbocycles. The molecule has 0 aromatic heterocycles. The van der Waals surface area contributed by atoms with E-state index in [0.29, 0.717) is 11.1 Å². The minimum atomic E-state index is -0.624. The monoisotopic (exact) mass is 327 g/mol. The number of hydrogen-bond acceptors (Lipinski definition) is 6. The molecule has 0 bridgehead atoms. The van der Waals surface area contributed by atoms with Crippen LogP contribution in [0.3, 0.4) is 0 Å². The number of hydrogen-bond donors (Lipinski definition) is 0. The third-order valence-electron chi connectivity index (χ3n) is 3.01. The van der Waals surface area contributed by atoms with Gasteiger partial charge in [-0.1, -0.05) is 12.1 Å². The minimum Gasteiger partial charge on any atom is -0.465 e. The summed E-state index contributed by atoms with van der Waals surface area (Å²) in [6.07, 6.45) is 2.74. The second-order valence-electron chi connectivity index (χ2n) is 4.62. The van der Waals surface area contributed by atoms with Crippen LogP contribution in [-0.2, 0) is 9.53 Å². The van der Waals surface area contributed by atoms with E-state index in [9.17, 15) is 19.7 Å². The van der Waals surface area contributed by atoms with E-state index in [1.807, 2.05) is 0 Å². The molecule has 7 nitrogen and oxygen atoms in total. The Kier molecular flexibility index (Phi) is 5.40. The fourth-order valence-electron chi connectivity index (χ4n) is 1.80. The van der Waals surface area contributed by atoms with Crippen LogP contribution in [0.2, 0.25) is 0 Å². The first-order valence-electron chi connectivity index (χ1n) is 6.82. The van der Waals surface area contributed by atoms with Gasteiger partial charge >= 0.3 is 11.9 Å². The lowest BCUT2D eigenvalue weighted by Gasteiger charge is -2.01. The molecular formula is C17H13NO6. The zero-order valence-corrected chi connectivity index (χ0v) is 12.7. The van der Waals surface area contributed by atoms with Crippen molar-refractivity contribution in [1.29, 1.82) is 0 Å². The van der Waals surface area contributed by atoms with Crippen molar-refractivity contribution in [3.8, 4) is 5.75 Å². The molecule has 0 heterocycles. The van der Waals surface area contributed by atoms with E-state index in [4.69, 9.17) is 4.74 Å². The molecule has 0 fully saturated rings. The van der Waals surface area contributed by atoms with Crippen molar-refractivity contribution in [2.45, 2.75) is 0 Å². The lowest BCUT2D eigenvalue weighted by Crippen LogP contribution is -2.03. The molecule has 2 aromatic carbocycles. The molecule has 0 aliphatic rings. The maximum absolute atomic E-state index is 11.7. The Bertz CT molecular complexity index is 778. The summed E-state index contributed by atoms with van der Waals surface area (Å²) >= 11 is 0. The summed E-state index contributed by atoms with van der Waals surface area (Å²) in [5.74, 6) is -0.861. The van der Waals surface area contributed by atoms with E-state index in [1.54, 1.807) is 24.3 Å². The molecule has 0 unspecified atom stereocenters. The Labute approximate surface area is 137 Å². The number of nitrogens with zero attached hydrogens (tertiary/aromatic N) is 1. The third kappa shape index (κ3) is 4.51. The lowest BCUT2D eigenvalue weighted by molar-refractivity contribution is -0.384. The number of rotatable bonds is 5. The second kappa shape index (κ2) is 7.68. The van der Waals surface area contributed by atoms with Gasteiger partial charge in [0.25, 0.3) is 5.69 Å². The van der Waals surface area contributed by atoms with Gasteiger partial charge in [0.1, 0.15) is 5.75 Å². The molecule has 0 radical (unpaired) electrons. The number of non-ortho nitro benzene ring substituents is 1. The van der Waals surface area contributed by atoms with Crippen molar-refractivity contribution < 1.29 is 24.0 Å². The van der Waals surface area contributed by atoms with Crippen LogP contribution >= 0.6 is 0 Å². The topological polar surface area (TPSA) is 95.7 Å². The molecule has 2 rings (SSSR count). The summed E-state index contributed by atoms with van der Waals surface area (Å²) in [4.78, 5) is 33.0. The van der Waals surface area contributed by atoms with Gasteiger partial charge in [0.15, 0.2) is 0 Å². The quantitative estimate of drug-likeness (QED) is 0.275. The Morgan fingerprint density at radius 1 is 1.04 bits per heavy atom. The number of esters is 2. The maximum Gasteiger partial charge on any atom is 0.337 e. The van der Waals surface area contributed by atoms with Gasteiger partial charge in [-0.25, -0.2) is 9.59 Å². The van der Waals surface area contributed by atoms with E-state index >= 15 is 0 Å². The Morgan fingerprint density at radius 3 is 2.21 bits per heavy atom. The van der Waals surface area contributed by atoms with Crippen molar-refractivity contribution in [2.75, 3.05) is 7.11 Å². The zero-order valence-electron chi connectivity index (χ0n) is 12.7. The first-order valence-corrected chi connectivity index (χ1v) is 6.82. The van der Waals surface area contributed by atoms with E-state index in [2.05, 4.69) is 4.74 Å². The molecule has 0 N–H and O–H groups in total. The minimum absolute atomic E-state index is 0.0870. The number of methoxy groups -OCH3 is 1. The van der Waals surface area contributed by atoms with Crippen molar-refractivity contribution >= 4 is 23.7 Å². The highest BCUT2D eigenvalue weighted by molar-refractivity contribution is 5.90. The number of nitro benzene ring substituents is 1. The van der Waals surface area contributed by atoms with Crippen molar-refractivity contribution in [2.24, 2.45) is 0 Å². The van der Waals surface area contributed by atoms with E-state index in [0.717, 1.165) is 0 Å². The number of benzene rings is 2. The van der Waals surface area contributed by atoms with Gasteiger partial charge in [0, 0.05) is 18.2 Å². The van der Waals surface area contributed by atoms with E-state index in [-0.39, 0.29) is 11.4 Å². The first kappa shape index (κ1) is 16.9. The number of carbonyl (C=O) groups excluding carboxylic acids is 2. The highest BCUT2D eigenvalue weighted by Crippen LogP contribution is 2.17. The molecule has 0 saturated heterocycles. The molecule has 24 heavy (non-hydrogen) atoms. The molecule has 0 amide bonds. The van der Waals surface area contributed by atoms with Gasteiger partial charge in [-0.2, -0.15) is 0 Å². The molecule has 0 atom stereocenters. The Hall–Kier alpha value is -3.48. The number of ether oxygens (including phenoxy) is 2. The molecule has 0 spiro atoms. The normalized spacial score (nSPS) is 10.4. The van der Waals surface area contributed by atoms with Crippen molar-refractivity contribution in [1.82, 2.24) is 0 Å². The summed E-state index contributed by atoms with van der Waals surface area (Å²) < 4.78 is 9.62. The third-order valence-corrected chi connectivity index (χ3v) is 3.01. The van der Waals surface area contributed by atoms with Crippen LogP contribution in [-0.4, -0.2) is 24.0 Å². The average molecular weight is 327 g/mol. The summed E-state index contributed by atoms with van der Waals surface area (Å²) in [5.41, 5.74) is 1.02. The SMILES string of the molecule is COC(=O)c1ccc(/C=C/C(=O)Oc2ccc([N+](=O)[O-])cc2)cc1. The summed E-state index contributed by atoms with van der Waals surface area (Å²) in [5, 5.41) is 10.5. The van der Waals surface area contributed by atoms with Gasteiger partial charge in [0.2, 0.25) is 0 Å². The lowest BCUT2D eigenvalue weighted by atomic mass is 10.1. The van der Waals surface area contributed by atoms with Crippen LogP contribution in [0.1, 0.15) is 15.9 Å². The zero-order chi connectivity index (χ0) is 17.5. The predicted molar refractivity (Wildman–Crippen MR) is 85.5 cm³/mol. The molecule has 0 aliphatic heterocycles. The van der Waals surface area contributed by atoms with Gasteiger partial charge < -0.3 is 9.47 Å². The molecule has 7 heteroatoms. The number of carbonyl (C=O) groups is 2. The smallest absolute Gasteiger partial charge is 0.337 e. The highest BCUT2D eigenvalue weighted by atomic mass is 16.6. The molecule has 122 valence electrons. The molecule has 0 aliphatic carbocycles. The van der Waals surface area contributed by atoms with Crippen molar-refractivity contribution in [3.05, 3.63) is 75.8 Å². The van der Waals surface area contributed by atoms with Gasteiger partial charge in [-0.15, -0.1) is 0 Å². The summed E-state index contributed by atoms with van der Waals surface area (Å²) in [6.45, 7) is 0. The fraction of sp³-hybridized carbons (Fsp3) is 0.0588. The predicted octanol–water partition coefficient (Wildman–Crippen LogP) is 3.00. The molecular weight excluding hydrogens is 314 g/mol.